The molecule has 0 aliphatic heterocycles. The molecule has 2 unspecified atom stereocenters. The number of rotatable bonds is 5. The van der Waals surface area contributed by atoms with Gasteiger partial charge in [-0.1, -0.05) is 33.1 Å². The van der Waals surface area contributed by atoms with Gasteiger partial charge in [0.05, 0.1) is 23.5 Å². The Morgan fingerprint density at radius 2 is 2.38 bits per heavy atom. The number of amides is 1. The summed E-state index contributed by atoms with van der Waals surface area (Å²) in [5.74, 6) is 0.202. The highest BCUT2D eigenvalue weighted by molar-refractivity contribution is 5.98. The van der Waals surface area contributed by atoms with E-state index >= 15 is 0 Å². The molecule has 0 radical (unpaired) electrons. The molecule has 21 heavy (non-hydrogen) atoms. The smallest absolute Gasteiger partial charge is 0.274 e. The Bertz CT molecular complexity index is 500. The van der Waals surface area contributed by atoms with E-state index in [4.69, 9.17) is 5.73 Å². The molecule has 6 heteroatoms. The Labute approximate surface area is 125 Å². The van der Waals surface area contributed by atoms with Crippen molar-refractivity contribution in [3.63, 3.8) is 0 Å². The zero-order chi connectivity index (χ0) is 15.5. The van der Waals surface area contributed by atoms with Crippen LogP contribution in [0.1, 0.15) is 62.1 Å². The number of anilines is 1. The molecule has 1 amide bonds. The van der Waals surface area contributed by atoms with Crippen LogP contribution in [-0.4, -0.2) is 33.4 Å². The number of aliphatic hydroxyl groups is 1. The van der Waals surface area contributed by atoms with Gasteiger partial charge in [0.25, 0.3) is 5.91 Å². The molecule has 1 saturated carbocycles. The lowest BCUT2D eigenvalue weighted by molar-refractivity contribution is 0.0693. The molecule has 0 bridgehead atoms. The number of nitrogens with zero attached hydrogens (tertiary/aromatic N) is 1. The molecule has 1 aromatic heterocycles. The van der Waals surface area contributed by atoms with Crippen LogP contribution in [0.2, 0.25) is 0 Å². The van der Waals surface area contributed by atoms with E-state index in [0.29, 0.717) is 11.6 Å². The van der Waals surface area contributed by atoms with Crippen molar-refractivity contribution < 1.29 is 9.90 Å². The highest BCUT2D eigenvalue weighted by Gasteiger charge is 2.36. The Hall–Kier alpha value is -1.56. The zero-order valence-electron chi connectivity index (χ0n) is 12.9. The molecule has 1 aliphatic carbocycles. The van der Waals surface area contributed by atoms with Gasteiger partial charge in [-0.05, 0) is 25.2 Å². The summed E-state index contributed by atoms with van der Waals surface area (Å²) in [6, 6.07) is 0. The number of aliphatic hydroxyl groups excluding tert-OH is 1. The van der Waals surface area contributed by atoms with E-state index in [1.165, 1.54) is 0 Å². The first kappa shape index (κ1) is 15.8. The normalized spacial score (nSPS) is 25.8. The third-order valence-electron chi connectivity index (χ3n) is 4.37. The van der Waals surface area contributed by atoms with E-state index in [2.05, 4.69) is 22.4 Å². The molecular weight excluding hydrogens is 268 g/mol. The molecule has 5 N–H and O–H groups in total. The van der Waals surface area contributed by atoms with E-state index in [9.17, 15) is 9.90 Å². The summed E-state index contributed by atoms with van der Waals surface area (Å²) < 4.78 is 0. The second kappa shape index (κ2) is 6.47. The molecule has 0 saturated heterocycles. The lowest BCUT2D eigenvalue weighted by atomic mass is 9.76. The number of carbonyl (C=O) groups is 1. The minimum atomic E-state index is -0.537. The third-order valence-corrected chi connectivity index (χ3v) is 4.37. The van der Waals surface area contributed by atoms with Crippen molar-refractivity contribution in [3.8, 4) is 0 Å². The van der Waals surface area contributed by atoms with Gasteiger partial charge in [0, 0.05) is 0 Å². The molecular formula is C15H26N4O2. The average Bonchev–Trinajstić information content (AvgIpc) is 2.81. The molecule has 6 nitrogen and oxygen atoms in total. The molecule has 1 aromatic rings. The maximum Gasteiger partial charge on any atom is 0.274 e. The number of carbonyl (C=O) groups excluding carboxylic acids is 1. The quantitative estimate of drug-likeness (QED) is 0.662. The summed E-state index contributed by atoms with van der Waals surface area (Å²) >= 11 is 0. The number of hydrogen-bond donors (Lipinski definition) is 4. The highest BCUT2D eigenvalue weighted by atomic mass is 16.3. The van der Waals surface area contributed by atoms with Crippen LogP contribution in [0.5, 0.6) is 0 Å². The molecule has 1 fully saturated rings. The van der Waals surface area contributed by atoms with Gasteiger partial charge in [-0.2, -0.15) is 5.10 Å². The molecule has 1 heterocycles. The van der Waals surface area contributed by atoms with Crippen LogP contribution in [0.15, 0.2) is 0 Å². The van der Waals surface area contributed by atoms with Gasteiger partial charge in [0.1, 0.15) is 0 Å². The zero-order valence-corrected chi connectivity index (χ0v) is 12.9. The van der Waals surface area contributed by atoms with Crippen LogP contribution in [0.4, 0.5) is 5.69 Å². The van der Waals surface area contributed by atoms with Gasteiger partial charge in [-0.15, -0.1) is 0 Å². The first-order chi connectivity index (χ1) is 10.0. The third kappa shape index (κ3) is 3.37. The fourth-order valence-corrected chi connectivity index (χ4v) is 3.26. The number of aromatic nitrogens is 2. The van der Waals surface area contributed by atoms with Crippen LogP contribution in [-0.2, 0) is 6.42 Å². The van der Waals surface area contributed by atoms with E-state index in [1.54, 1.807) is 0 Å². The van der Waals surface area contributed by atoms with Gasteiger partial charge < -0.3 is 16.2 Å². The van der Waals surface area contributed by atoms with Gasteiger partial charge in [0.15, 0.2) is 5.69 Å². The molecule has 2 rings (SSSR count). The van der Waals surface area contributed by atoms with Crippen LogP contribution >= 0.6 is 0 Å². The predicted molar refractivity (Wildman–Crippen MR) is 81.9 cm³/mol. The second-order valence-electron chi connectivity index (χ2n) is 6.31. The van der Waals surface area contributed by atoms with E-state index in [-0.39, 0.29) is 18.2 Å². The van der Waals surface area contributed by atoms with E-state index in [1.807, 2.05) is 6.92 Å². The van der Waals surface area contributed by atoms with Gasteiger partial charge in [-0.25, -0.2) is 0 Å². The highest BCUT2D eigenvalue weighted by Crippen LogP contribution is 2.32. The summed E-state index contributed by atoms with van der Waals surface area (Å²) in [7, 11) is 0. The fourth-order valence-electron chi connectivity index (χ4n) is 3.26. The Morgan fingerprint density at radius 3 is 3.00 bits per heavy atom. The molecule has 2 atom stereocenters. The minimum absolute atomic E-state index is 0.0464. The minimum Gasteiger partial charge on any atom is -0.395 e. The number of nitrogen functional groups attached to an aromatic ring is 1. The van der Waals surface area contributed by atoms with Crippen molar-refractivity contribution in [2.75, 3.05) is 12.3 Å². The first-order valence-corrected chi connectivity index (χ1v) is 7.77. The predicted octanol–water partition coefficient (Wildman–Crippen LogP) is 1.62. The fraction of sp³-hybridized carbons (Fsp3) is 0.733. The number of nitrogens with two attached hydrogens (primary N) is 1. The Morgan fingerprint density at radius 1 is 1.62 bits per heavy atom. The summed E-state index contributed by atoms with van der Waals surface area (Å²) in [5, 5.41) is 19.6. The maximum absolute atomic E-state index is 12.4. The van der Waals surface area contributed by atoms with Crippen molar-refractivity contribution in [1.29, 1.82) is 0 Å². The first-order valence-electron chi connectivity index (χ1n) is 7.77. The number of hydrogen-bond acceptors (Lipinski definition) is 4. The van der Waals surface area contributed by atoms with Crippen LogP contribution in [0.25, 0.3) is 0 Å². The lowest BCUT2D eigenvalue weighted by Crippen LogP contribution is -2.54. The SMILES string of the molecule is CCCc1[nH]nc(C(=O)NC2(CO)CCCC(C)C2)c1N. The average molecular weight is 294 g/mol. The van der Waals surface area contributed by atoms with Crippen molar-refractivity contribution in [1.82, 2.24) is 15.5 Å². The van der Waals surface area contributed by atoms with Gasteiger partial charge in [0.2, 0.25) is 0 Å². The number of aryl methyl sites for hydroxylation is 1. The summed E-state index contributed by atoms with van der Waals surface area (Å²) in [5.41, 5.74) is 6.92. The standard InChI is InChI=1S/C15H26N4O2/c1-3-5-11-12(16)13(19-18-11)14(21)17-15(9-20)7-4-6-10(2)8-15/h10,20H,3-9,16H2,1-2H3,(H,17,21)(H,18,19). The van der Waals surface area contributed by atoms with Gasteiger partial charge >= 0.3 is 0 Å². The van der Waals surface area contributed by atoms with Gasteiger partial charge in [-0.3, -0.25) is 9.89 Å². The lowest BCUT2D eigenvalue weighted by Gasteiger charge is -2.39. The molecule has 0 spiro atoms. The Kier molecular flexibility index (Phi) is 4.88. The Balaban J connectivity index is 2.12. The molecule has 118 valence electrons. The van der Waals surface area contributed by atoms with Crippen molar-refractivity contribution in [3.05, 3.63) is 11.4 Å². The topological polar surface area (TPSA) is 104 Å². The summed E-state index contributed by atoms with van der Waals surface area (Å²) in [6.07, 6.45) is 5.45. The second-order valence-corrected chi connectivity index (χ2v) is 6.31. The molecule has 1 aliphatic rings. The van der Waals surface area contributed by atoms with Crippen molar-refractivity contribution in [2.45, 2.75) is 57.9 Å². The number of H-pyrrole nitrogens is 1. The van der Waals surface area contributed by atoms with Crippen LogP contribution in [0, 0.1) is 5.92 Å². The largest absolute Gasteiger partial charge is 0.395 e. The summed E-state index contributed by atoms with van der Waals surface area (Å²) in [6.45, 7) is 4.15. The number of aromatic amines is 1. The van der Waals surface area contributed by atoms with Crippen molar-refractivity contribution >= 4 is 11.6 Å². The van der Waals surface area contributed by atoms with E-state index < -0.39 is 5.54 Å². The van der Waals surface area contributed by atoms with Crippen LogP contribution in [0.3, 0.4) is 0 Å². The maximum atomic E-state index is 12.4. The van der Waals surface area contributed by atoms with Crippen LogP contribution < -0.4 is 11.1 Å². The monoisotopic (exact) mass is 294 g/mol. The van der Waals surface area contributed by atoms with Crippen molar-refractivity contribution in [2.24, 2.45) is 5.92 Å². The summed E-state index contributed by atoms with van der Waals surface area (Å²) in [4.78, 5) is 12.4. The number of nitrogens with one attached hydrogen (secondary N) is 2. The van der Waals surface area contributed by atoms with E-state index in [0.717, 1.165) is 44.2 Å². The molecule has 0 aromatic carbocycles.